The highest BCUT2D eigenvalue weighted by atomic mass is 16.6. The third-order valence-corrected chi connectivity index (χ3v) is 12.6. The molecule has 372 valence electrons. The largest absolute Gasteiger partial charge is 0.497 e. The minimum absolute atomic E-state index is 0.0108. The van der Waals surface area contributed by atoms with Crippen LogP contribution in [0.2, 0.25) is 0 Å². The molecular formula is C64H48N4O8. The van der Waals surface area contributed by atoms with Crippen LogP contribution in [0, 0.1) is 20.2 Å². The van der Waals surface area contributed by atoms with Crippen LogP contribution in [0.3, 0.4) is 0 Å². The maximum Gasteiger partial charge on any atom is 0.269 e. The van der Waals surface area contributed by atoms with Gasteiger partial charge < -0.3 is 28.7 Å². The highest BCUT2D eigenvalue weighted by Gasteiger charge is 2.20. The van der Waals surface area contributed by atoms with E-state index in [9.17, 15) is 20.2 Å². The molecule has 12 heteroatoms. The maximum atomic E-state index is 11.4. The number of methoxy groups -OCH3 is 2. The Morgan fingerprint density at radius 3 is 0.776 bits per heavy atom. The van der Waals surface area contributed by atoms with E-state index in [0.717, 1.165) is 67.5 Å². The molecule has 0 heterocycles. The smallest absolute Gasteiger partial charge is 0.269 e. The molecular weight excluding hydrogens is 953 g/mol. The molecule has 0 bridgehead atoms. The Morgan fingerprint density at radius 2 is 0.526 bits per heavy atom. The summed E-state index contributed by atoms with van der Waals surface area (Å²) in [6.07, 6.45) is 0. The molecule has 12 nitrogen and oxygen atoms in total. The molecule has 10 aromatic rings. The monoisotopic (exact) mass is 1000 g/mol. The number of anilines is 6. The summed E-state index contributed by atoms with van der Waals surface area (Å²) < 4.78 is 23.7. The zero-order chi connectivity index (χ0) is 52.4. The molecule has 0 N–H and O–H groups in total. The molecule has 76 heavy (non-hydrogen) atoms. The first-order chi connectivity index (χ1) is 37.2. The lowest BCUT2D eigenvalue weighted by molar-refractivity contribution is -0.385. The van der Waals surface area contributed by atoms with Gasteiger partial charge in [-0.1, -0.05) is 84.9 Å². The summed E-state index contributed by atoms with van der Waals surface area (Å²) in [5.41, 5.74) is 11.0. The number of nitro groups is 2. The van der Waals surface area contributed by atoms with Crippen molar-refractivity contribution in [2.45, 2.75) is 0 Å². The lowest BCUT2D eigenvalue weighted by atomic mass is 9.86. The highest BCUT2D eigenvalue weighted by molar-refractivity contribution is 6.04. The number of rotatable bonds is 18. The topological polar surface area (TPSA) is 130 Å². The average Bonchev–Trinajstić information content (AvgIpc) is 3.49. The third kappa shape index (κ3) is 11.1. The van der Waals surface area contributed by atoms with Gasteiger partial charge in [0.15, 0.2) is 0 Å². The van der Waals surface area contributed by atoms with Crippen LogP contribution < -0.4 is 28.7 Å². The Morgan fingerprint density at radius 1 is 0.303 bits per heavy atom. The number of ether oxygens (including phenoxy) is 4. The van der Waals surface area contributed by atoms with Gasteiger partial charge in [-0.05, 0) is 179 Å². The van der Waals surface area contributed by atoms with Crippen LogP contribution in [0.15, 0.2) is 255 Å². The minimum Gasteiger partial charge on any atom is -0.497 e. The van der Waals surface area contributed by atoms with Gasteiger partial charge in [0, 0.05) is 58.4 Å². The molecule has 0 atom stereocenters. The summed E-state index contributed by atoms with van der Waals surface area (Å²) in [5.74, 6) is 4.00. The summed E-state index contributed by atoms with van der Waals surface area (Å²) in [6, 6.07) is 80.4. The second-order valence-electron chi connectivity index (χ2n) is 17.3. The molecule has 0 saturated carbocycles. The predicted octanol–water partition coefficient (Wildman–Crippen LogP) is 17.1. The first-order valence-corrected chi connectivity index (χ1v) is 24.2. The van der Waals surface area contributed by atoms with Gasteiger partial charge in [-0.2, -0.15) is 0 Å². The van der Waals surface area contributed by atoms with Crippen molar-refractivity contribution < 1.29 is 28.8 Å². The molecule has 0 spiro atoms. The summed E-state index contributed by atoms with van der Waals surface area (Å²) in [4.78, 5) is 26.1. The van der Waals surface area contributed by atoms with Crippen LogP contribution in [0.5, 0.6) is 34.5 Å². The summed E-state index contributed by atoms with van der Waals surface area (Å²) in [7, 11) is 3.23. The van der Waals surface area contributed by atoms with E-state index >= 15 is 0 Å². The molecule has 0 aliphatic rings. The van der Waals surface area contributed by atoms with Gasteiger partial charge in [0.05, 0.1) is 24.1 Å². The van der Waals surface area contributed by atoms with E-state index < -0.39 is 9.85 Å². The molecule has 0 radical (unpaired) electrons. The van der Waals surface area contributed by atoms with Crippen molar-refractivity contribution in [1.82, 2.24) is 0 Å². The lowest BCUT2D eigenvalue weighted by Crippen LogP contribution is -2.09. The van der Waals surface area contributed by atoms with Gasteiger partial charge in [-0.15, -0.1) is 0 Å². The number of hydrogen-bond donors (Lipinski definition) is 0. The number of nitrogens with zero attached hydrogens (tertiary/aromatic N) is 4. The van der Waals surface area contributed by atoms with Crippen molar-refractivity contribution in [2.75, 3.05) is 24.0 Å². The maximum absolute atomic E-state index is 11.4. The van der Waals surface area contributed by atoms with Crippen molar-refractivity contribution in [2.24, 2.45) is 0 Å². The van der Waals surface area contributed by atoms with Crippen LogP contribution >= 0.6 is 0 Å². The van der Waals surface area contributed by atoms with Gasteiger partial charge in [0.2, 0.25) is 0 Å². The van der Waals surface area contributed by atoms with Crippen molar-refractivity contribution >= 4 is 56.6 Å². The standard InChI is InChI=1S/C64H48N4O8/c1-73-57-37-25-51(26-38-57)65(49-17-21-55(22-18-49)67(69)70)53-29-41-61(42-30-53)75-59-33-13-47(14-34-59)63(45-9-5-3-6-10-45)64(46-11-7-4-8-12-46)48-15-35-60(36-16-48)76-62-43-31-54(32-44-62)66(52-27-39-58(74-2)40-28-52)50-19-23-56(24-20-50)68(71)72/h3-44H,1-2H3. The van der Waals surface area contributed by atoms with Crippen LogP contribution in [0.25, 0.3) is 11.1 Å². The van der Waals surface area contributed by atoms with E-state index in [1.165, 1.54) is 24.3 Å². The first kappa shape index (κ1) is 49.1. The van der Waals surface area contributed by atoms with Crippen molar-refractivity contribution in [3.05, 3.63) is 297 Å². The van der Waals surface area contributed by atoms with E-state index in [1.807, 2.05) is 168 Å². The van der Waals surface area contributed by atoms with Crippen LogP contribution in [0.4, 0.5) is 45.5 Å². The first-order valence-electron chi connectivity index (χ1n) is 24.2. The molecule has 10 rings (SSSR count). The van der Waals surface area contributed by atoms with Gasteiger partial charge >= 0.3 is 0 Å². The Kier molecular flexibility index (Phi) is 14.6. The van der Waals surface area contributed by atoms with E-state index in [1.54, 1.807) is 38.5 Å². The van der Waals surface area contributed by atoms with Crippen molar-refractivity contribution in [3.63, 3.8) is 0 Å². The number of nitro benzene ring substituents is 2. The molecule has 0 aliphatic heterocycles. The Labute approximate surface area is 439 Å². The fourth-order valence-corrected chi connectivity index (χ4v) is 8.90. The molecule has 0 unspecified atom stereocenters. The van der Waals surface area contributed by atoms with Gasteiger partial charge in [-0.25, -0.2) is 0 Å². The summed E-state index contributed by atoms with van der Waals surface area (Å²) in [6.45, 7) is 0. The van der Waals surface area contributed by atoms with Crippen LogP contribution in [-0.4, -0.2) is 24.1 Å². The molecule has 0 amide bonds. The summed E-state index contributed by atoms with van der Waals surface area (Å²) >= 11 is 0. The Hall–Kier alpha value is -10.5. The van der Waals surface area contributed by atoms with Gasteiger partial charge in [-0.3, -0.25) is 20.2 Å². The van der Waals surface area contributed by atoms with E-state index in [0.29, 0.717) is 34.5 Å². The number of hydrogen-bond acceptors (Lipinski definition) is 10. The SMILES string of the molecule is COc1ccc(N(c2ccc(Oc3ccc(C(=C(c4ccccc4)c4ccc(Oc5ccc(N(c6ccc(OC)cc6)c6ccc([N+](=O)[O-])cc6)cc5)cc4)c4ccccc4)cc3)cc2)c2ccc([N+](=O)[O-])cc2)cc1. The zero-order valence-electron chi connectivity index (χ0n) is 41.3. The highest BCUT2D eigenvalue weighted by Crippen LogP contribution is 2.42. The second-order valence-corrected chi connectivity index (χ2v) is 17.3. The zero-order valence-corrected chi connectivity index (χ0v) is 41.3. The van der Waals surface area contributed by atoms with E-state index in [2.05, 4.69) is 48.5 Å². The quantitative estimate of drug-likeness (QED) is 0.0465. The third-order valence-electron chi connectivity index (χ3n) is 12.6. The van der Waals surface area contributed by atoms with Crippen LogP contribution in [-0.2, 0) is 0 Å². The fraction of sp³-hybridized carbons (Fsp3) is 0.0312. The lowest BCUT2D eigenvalue weighted by Gasteiger charge is -2.25. The van der Waals surface area contributed by atoms with Crippen LogP contribution in [0.1, 0.15) is 22.3 Å². The van der Waals surface area contributed by atoms with Crippen molar-refractivity contribution in [3.8, 4) is 34.5 Å². The van der Waals surface area contributed by atoms with E-state index in [4.69, 9.17) is 18.9 Å². The summed E-state index contributed by atoms with van der Waals surface area (Å²) in [5, 5.41) is 22.9. The van der Waals surface area contributed by atoms with Gasteiger partial charge in [0.1, 0.15) is 34.5 Å². The average molecular weight is 1000 g/mol. The minimum atomic E-state index is -0.409. The number of benzene rings is 10. The molecule has 0 saturated heterocycles. The molecule has 10 aromatic carbocycles. The van der Waals surface area contributed by atoms with E-state index in [-0.39, 0.29) is 11.4 Å². The molecule has 0 fully saturated rings. The second kappa shape index (κ2) is 22.5. The Bertz CT molecular complexity index is 3350. The predicted molar refractivity (Wildman–Crippen MR) is 300 cm³/mol. The molecule has 0 aliphatic carbocycles. The fourth-order valence-electron chi connectivity index (χ4n) is 8.90. The Balaban J connectivity index is 0.918. The molecule has 0 aromatic heterocycles. The normalized spacial score (nSPS) is 11.2. The van der Waals surface area contributed by atoms with Crippen molar-refractivity contribution in [1.29, 1.82) is 0 Å². The van der Waals surface area contributed by atoms with Gasteiger partial charge in [0.25, 0.3) is 11.4 Å². The number of non-ortho nitro benzene ring substituents is 2.